The Morgan fingerprint density at radius 1 is 1.04 bits per heavy atom. The molecule has 2 heterocycles. The van der Waals surface area contributed by atoms with Crippen LogP contribution in [0.2, 0.25) is 0 Å². The smallest absolute Gasteiger partial charge is 0.161 e. The molecule has 2 aromatic carbocycles. The van der Waals surface area contributed by atoms with Crippen LogP contribution in [0, 0.1) is 6.92 Å². The third-order valence-electron chi connectivity index (χ3n) is 5.08. The van der Waals surface area contributed by atoms with Crippen molar-refractivity contribution in [3.8, 4) is 11.5 Å². The third kappa shape index (κ3) is 3.41. The van der Waals surface area contributed by atoms with Gasteiger partial charge < -0.3 is 9.47 Å². The van der Waals surface area contributed by atoms with E-state index in [1.807, 2.05) is 24.3 Å². The summed E-state index contributed by atoms with van der Waals surface area (Å²) in [5.41, 5.74) is 2.80. The summed E-state index contributed by atoms with van der Waals surface area (Å²) >= 11 is 0. The first-order valence-electron chi connectivity index (χ1n) is 8.95. The Morgan fingerprint density at radius 3 is 2.67 bits per heavy atom. The fourth-order valence-corrected chi connectivity index (χ4v) is 3.77. The fourth-order valence-electron chi connectivity index (χ4n) is 3.77. The lowest BCUT2D eigenvalue weighted by atomic mass is 9.90. The number of para-hydroxylation sites is 2. The van der Waals surface area contributed by atoms with Crippen molar-refractivity contribution in [2.24, 2.45) is 0 Å². The van der Waals surface area contributed by atoms with E-state index in [9.17, 15) is 0 Å². The number of ether oxygens (including phenoxy) is 2. The van der Waals surface area contributed by atoms with Crippen molar-refractivity contribution in [3.05, 3.63) is 59.7 Å². The van der Waals surface area contributed by atoms with Gasteiger partial charge in [-0.15, -0.1) is 0 Å². The van der Waals surface area contributed by atoms with E-state index in [0.717, 1.165) is 31.1 Å². The first-order chi connectivity index (χ1) is 11.8. The normalized spacial score (nSPS) is 23.9. The largest absolute Gasteiger partial charge is 0.486 e. The number of benzene rings is 2. The molecular weight excluding hydrogens is 298 g/mol. The van der Waals surface area contributed by atoms with Crippen molar-refractivity contribution < 1.29 is 9.47 Å². The zero-order valence-electron chi connectivity index (χ0n) is 14.3. The first kappa shape index (κ1) is 15.5. The maximum absolute atomic E-state index is 6.12. The predicted molar refractivity (Wildman–Crippen MR) is 95.9 cm³/mol. The molecular formula is C21H25NO2. The third-order valence-corrected chi connectivity index (χ3v) is 5.08. The lowest BCUT2D eigenvalue weighted by molar-refractivity contribution is 0.0505. The number of hydrogen-bond acceptors (Lipinski definition) is 3. The Kier molecular flexibility index (Phi) is 4.44. The number of hydrogen-bond donors (Lipinski definition) is 0. The van der Waals surface area contributed by atoms with Gasteiger partial charge in [0.15, 0.2) is 11.5 Å². The van der Waals surface area contributed by atoms with Crippen molar-refractivity contribution in [2.75, 3.05) is 26.2 Å². The summed E-state index contributed by atoms with van der Waals surface area (Å²) in [5.74, 6) is 2.38. The molecule has 2 unspecified atom stereocenters. The van der Waals surface area contributed by atoms with Gasteiger partial charge >= 0.3 is 0 Å². The van der Waals surface area contributed by atoms with Gasteiger partial charge in [-0.1, -0.05) is 42.0 Å². The van der Waals surface area contributed by atoms with Crippen LogP contribution in [0.1, 0.15) is 29.9 Å². The summed E-state index contributed by atoms with van der Waals surface area (Å²) in [5, 5.41) is 0. The van der Waals surface area contributed by atoms with Crippen molar-refractivity contribution in [3.63, 3.8) is 0 Å². The number of aryl methyl sites for hydroxylation is 1. The van der Waals surface area contributed by atoms with Crippen molar-refractivity contribution >= 4 is 0 Å². The Labute approximate surface area is 144 Å². The lowest BCUT2D eigenvalue weighted by Gasteiger charge is -2.36. The van der Waals surface area contributed by atoms with Crippen LogP contribution in [-0.2, 0) is 0 Å². The molecule has 0 amide bonds. The highest BCUT2D eigenvalue weighted by molar-refractivity contribution is 5.40. The second kappa shape index (κ2) is 6.86. The highest BCUT2D eigenvalue weighted by atomic mass is 16.6. The summed E-state index contributed by atoms with van der Waals surface area (Å²) in [6.07, 6.45) is 2.66. The maximum atomic E-state index is 6.12. The van der Waals surface area contributed by atoms with Crippen LogP contribution in [0.15, 0.2) is 48.5 Å². The van der Waals surface area contributed by atoms with E-state index in [4.69, 9.17) is 9.47 Å². The van der Waals surface area contributed by atoms with Gasteiger partial charge in [0.05, 0.1) is 0 Å². The van der Waals surface area contributed by atoms with Crippen LogP contribution in [0.3, 0.4) is 0 Å². The van der Waals surface area contributed by atoms with Crippen molar-refractivity contribution in [1.82, 2.24) is 4.90 Å². The molecule has 4 rings (SSSR count). The Bertz CT molecular complexity index is 682. The van der Waals surface area contributed by atoms with Gasteiger partial charge in [0.2, 0.25) is 0 Å². The molecule has 0 N–H and O–H groups in total. The minimum atomic E-state index is 0.122. The minimum absolute atomic E-state index is 0.122. The molecule has 1 saturated heterocycles. The van der Waals surface area contributed by atoms with E-state index in [-0.39, 0.29) is 6.10 Å². The van der Waals surface area contributed by atoms with Gasteiger partial charge in [-0.25, -0.2) is 0 Å². The van der Waals surface area contributed by atoms with Crippen LogP contribution < -0.4 is 9.47 Å². The Morgan fingerprint density at radius 2 is 1.83 bits per heavy atom. The molecule has 0 saturated carbocycles. The molecule has 126 valence electrons. The van der Waals surface area contributed by atoms with Gasteiger partial charge in [-0.2, -0.15) is 0 Å². The van der Waals surface area contributed by atoms with Gasteiger partial charge in [0.1, 0.15) is 12.7 Å². The van der Waals surface area contributed by atoms with Gasteiger partial charge in [-0.05, 0) is 49.9 Å². The van der Waals surface area contributed by atoms with Crippen LogP contribution in [-0.4, -0.2) is 37.2 Å². The average molecular weight is 323 g/mol. The van der Waals surface area contributed by atoms with Crippen LogP contribution >= 0.6 is 0 Å². The molecule has 2 aliphatic rings. The zero-order valence-corrected chi connectivity index (χ0v) is 14.3. The SMILES string of the molecule is Cc1ccc(C2CCCN(CC3COc4ccccc4O3)C2)cc1. The van der Waals surface area contributed by atoms with Gasteiger partial charge in [0.25, 0.3) is 0 Å². The Hall–Kier alpha value is -2.00. The van der Waals surface area contributed by atoms with E-state index in [1.54, 1.807) is 0 Å². The molecule has 3 heteroatoms. The molecule has 3 nitrogen and oxygen atoms in total. The van der Waals surface area contributed by atoms with Crippen molar-refractivity contribution in [1.29, 1.82) is 0 Å². The molecule has 1 fully saturated rings. The maximum Gasteiger partial charge on any atom is 0.161 e. The predicted octanol–water partition coefficient (Wildman–Crippen LogP) is 4.01. The molecule has 2 aliphatic heterocycles. The van der Waals surface area contributed by atoms with E-state index >= 15 is 0 Å². The van der Waals surface area contributed by atoms with E-state index in [2.05, 4.69) is 36.1 Å². The summed E-state index contributed by atoms with van der Waals surface area (Å²) < 4.78 is 12.0. The minimum Gasteiger partial charge on any atom is -0.486 e. The van der Waals surface area contributed by atoms with E-state index < -0.39 is 0 Å². The fraction of sp³-hybridized carbons (Fsp3) is 0.429. The molecule has 2 aromatic rings. The van der Waals surface area contributed by atoms with Crippen molar-refractivity contribution in [2.45, 2.75) is 31.8 Å². The quantitative estimate of drug-likeness (QED) is 0.852. The molecule has 0 radical (unpaired) electrons. The summed E-state index contributed by atoms with van der Waals surface area (Å²) in [6, 6.07) is 17.0. The van der Waals surface area contributed by atoms with Gasteiger partial charge in [-0.3, -0.25) is 4.90 Å². The summed E-state index contributed by atoms with van der Waals surface area (Å²) in [7, 11) is 0. The number of nitrogens with zero attached hydrogens (tertiary/aromatic N) is 1. The molecule has 0 aliphatic carbocycles. The highest BCUT2D eigenvalue weighted by Gasteiger charge is 2.27. The average Bonchev–Trinajstić information content (AvgIpc) is 2.62. The second-order valence-electron chi connectivity index (χ2n) is 7.01. The zero-order chi connectivity index (χ0) is 16.4. The molecule has 0 spiro atoms. The number of likely N-dealkylation sites (tertiary alicyclic amines) is 1. The second-order valence-corrected chi connectivity index (χ2v) is 7.01. The number of fused-ring (bicyclic) bond motifs is 1. The van der Waals surface area contributed by atoms with Crippen LogP contribution in [0.25, 0.3) is 0 Å². The molecule has 0 aromatic heterocycles. The Balaban J connectivity index is 1.38. The molecule has 24 heavy (non-hydrogen) atoms. The summed E-state index contributed by atoms with van der Waals surface area (Å²) in [4.78, 5) is 2.54. The lowest BCUT2D eigenvalue weighted by Crippen LogP contribution is -2.44. The van der Waals surface area contributed by atoms with Crippen LogP contribution in [0.4, 0.5) is 0 Å². The van der Waals surface area contributed by atoms with E-state index in [0.29, 0.717) is 12.5 Å². The number of piperidine rings is 1. The van der Waals surface area contributed by atoms with Gasteiger partial charge in [0, 0.05) is 13.1 Å². The van der Waals surface area contributed by atoms with E-state index in [1.165, 1.54) is 24.0 Å². The standard InChI is InChI=1S/C21H25NO2/c1-16-8-10-17(11-9-16)18-5-4-12-22(13-18)14-19-15-23-20-6-2-3-7-21(20)24-19/h2-3,6-11,18-19H,4-5,12-15H2,1H3. The topological polar surface area (TPSA) is 21.7 Å². The molecule has 2 atom stereocenters. The number of rotatable bonds is 3. The highest BCUT2D eigenvalue weighted by Crippen LogP contribution is 2.32. The summed E-state index contributed by atoms with van der Waals surface area (Å²) in [6.45, 7) is 6.00. The monoisotopic (exact) mass is 323 g/mol. The molecule has 0 bridgehead atoms. The first-order valence-corrected chi connectivity index (χ1v) is 8.95. The van der Waals surface area contributed by atoms with Crippen LogP contribution in [0.5, 0.6) is 11.5 Å².